The average molecular weight is 485 g/mol. The Morgan fingerprint density at radius 3 is 2.61 bits per heavy atom. The molecule has 11 heteroatoms. The van der Waals surface area contributed by atoms with E-state index in [0.29, 0.717) is 22.1 Å². The monoisotopic (exact) mass is 485 g/mol. The van der Waals surface area contributed by atoms with Crippen LogP contribution in [-0.4, -0.2) is 40.3 Å². The van der Waals surface area contributed by atoms with Crippen LogP contribution in [0.3, 0.4) is 0 Å². The van der Waals surface area contributed by atoms with Crippen LogP contribution < -0.4 is 9.46 Å². The van der Waals surface area contributed by atoms with E-state index < -0.39 is 28.8 Å². The molecule has 178 valence electrons. The van der Waals surface area contributed by atoms with Gasteiger partial charge in [0.25, 0.3) is 0 Å². The molecule has 1 N–H and O–H groups in total. The van der Waals surface area contributed by atoms with E-state index in [-0.39, 0.29) is 36.0 Å². The zero-order chi connectivity index (χ0) is 24.2. The number of aryl methyl sites for hydroxylation is 1. The van der Waals surface area contributed by atoms with Crippen molar-refractivity contribution in [1.29, 1.82) is 0 Å². The van der Waals surface area contributed by atoms with Gasteiger partial charge in [0.1, 0.15) is 11.3 Å². The first kappa shape index (κ1) is 24.6. The number of benzene rings is 2. The smallest absolute Gasteiger partial charge is 0.422 e. The molecule has 7 nitrogen and oxygen atoms in total. The molecule has 0 amide bonds. The molecule has 0 aliphatic carbocycles. The fraction of sp³-hybridized carbons (Fsp3) is 0.318. The van der Waals surface area contributed by atoms with Crippen molar-refractivity contribution in [2.75, 3.05) is 19.8 Å². The third-order valence-corrected chi connectivity index (χ3v) is 6.14. The molecule has 1 aromatic heterocycles. The van der Waals surface area contributed by atoms with Crippen LogP contribution >= 0.6 is 0 Å². The van der Waals surface area contributed by atoms with E-state index in [0.717, 1.165) is 0 Å². The minimum atomic E-state index is -4.45. The van der Waals surface area contributed by atoms with E-state index in [1.807, 2.05) is 0 Å². The van der Waals surface area contributed by atoms with E-state index >= 15 is 0 Å². The quantitative estimate of drug-likeness (QED) is 0.452. The lowest BCUT2D eigenvalue weighted by Gasteiger charge is -2.11. The van der Waals surface area contributed by atoms with Gasteiger partial charge in [0.05, 0.1) is 11.5 Å². The van der Waals surface area contributed by atoms with E-state index in [4.69, 9.17) is 13.9 Å². The summed E-state index contributed by atoms with van der Waals surface area (Å²) in [7, 11) is -3.89. The summed E-state index contributed by atoms with van der Waals surface area (Å²) in [6.45, 7) is 2.09. The van der Waals surface area contributed by atoms with E-state index in [1.165, 1.54) is 36.4 Å². The fourth-order valence-electron chi connectivity index (χ4n) is 3.13. The minimum Gasteiger partial charge on any atom is -0.484 e. The number of ether oxygens (including phenoxy) is 2. The molecular weight excluding hydrogens is 463 g/mol. The van der Waals surface area contributed by atoms with Crippen LogP contribution in [0.4, 0.5) is 13.2 Å². The number of hydrogen-bond donors (Lipinski definition) is 1. The summed E-state index contributed by atoms with van der Waals surface area (Å²) in [5, 5.41) is 0.468. The van der Waals surface area contributed by atoms with Crippen LogP contribution in [0, 0.1) is 6.92 Å². The number of halogens is 3. The van der Waals surface area contributed by atoms with Crippen LogP contribution in [0.5, 0.6) is 5.75 Å². The molecule has 0 spiro atoms. The third-order valence-electron chi connectivity index (χ3n) is 4.69. The number of furan rings is 1. The van der Waals surface area contributed by atoms with E-state index in [2.05, 4.69) is 4.72 Å². The molecule has 0 saturated carbocycles. The Morgan fingerprint density at radius 1 is 1.15 bits per heavy atom. The zero-order valence-corrected chi connectivity index (χ0v) is 18.7. The maximum atomic E-state index is 12.7. The Morgan fingerprint density at radius 2 is 1.91 bits per heavy atom. The summed E-state index contributed by atoms with van der Waals surface area (Å²) in [6, 6.07) is 10.2. The lowest BCUT2D eigenvalue weighted by atomic mass is 10.1. The lowest BCUT2D eigenvalue weighted by molar-refractivity contribution is -0.153. The zero-order valence-electron chi connectivity index (χ0n) is 17.9. The Labute approximate surface area is 188 Å². The standard InChI is InChI=1S/C22H22F3NO6S/c1-3-30-21(27)20-14(2)18-12-17(7-8-19(18)32-20)33(28,29)26-10-9-15-5-4-6-16(11-15)31-13-22(23,24)25/h4-8,11-12,26H,3,9-10,13H2,1-2H3. The highest BCUT2D eigenvalue weighted by Crippen LogP contribution is 2.28. The van der Waals surface area contributed by atoms with Crippen LogP contribution in [0.25, 0.3) is 11.0 Å². The number of esters is 1. The van der Waals surface area contributed by atoms with Crippen molar-refractivity contribution >= 4 is 27.0 Å². The molecule has 1 heterocycles. The van der Waals surface area contributed by atoms with Crippen molar-refractivity contribution in [3.05, 3.63) is 59.4 Å². The summed E-state index contributed by atoms with van der Waals surface area (Å²) in [4.78, 5) is 12.0. The normalized spacial score (nSPS) is 12.2. The molecule has 3 rings (SSSR count). The molecule has 0 aliphatic heterocycles. The molecule has 0 fully saturated rings. The van der Waals surface area contributed by atoms with Gasteiger partial charge in [-0.05, 0) is 56.2 Å². The number of carbonyl (C=O) groups excluding carboxylic acids is 1. The average Bonchev–Trinajstić information content (AvgIpc) is 3.08. The minimum absolute atomic E-state index is 0.0154. The Kier molecular flexibility index (Phi) is 7.33. The molecule has 3 aromatic rings. The van der Waals surface area contributed by atoms with Crippen molar-refractivity contribution in [3.8, 4) is 5.75 Å². The highest BCUT2D eigenvalue weighted by atomic mass is 32.2. The lowest BCUT2D eigenvalue weighted by Crippen LogP contribution is -2.26. The van der Waals surface area contributed by atoms with Crippen LogP contribution in [0.2, 0.25) is 0 Å². The molecule has 0 bridgehead atoms. The second-order valence-corrected chi connectivity index (χ2v) is 8.90. The first-order valence-electron chi connectivity index (χ1n) is 9.98. The summed E-state index contributed by atoms with van der Waals surface area (Å²) >= 11 is 0. The molecule has 2 aromatic carbocycles. The number of rotatable bonds is 9. The van der Waals surface area contributed by atoms with Gasteiger partial charge in [-0.25, -0.2) is 17.9 Å². The van der Waals surface area contributed by atoms with E-state index in [1.54, 1.807) is 19.9 Å². The number of sulfonamides is 1. The second-order valence-electron chi connectivity index (χ2n) is 7.13. The van der Waals surface area contributed by atoms with Crippen LogP contribution in [-0.2, 0) is 21.2 Å². The number of hydrogen-bond acceptors (Lipinski definition) is 6. The predicted octanol–water partition coefficient (Wildman–Crippen LogP) is 4.38. The van der Waals surface area contributed by atoms with Gasteiger partial charge in [0.2, 0.25) is 15.8 Å². The first-order chi connectivity index (χ1) is 15.5. The summed E-state index contributed by atoms with van der Waals surface area (Å²) in [6.07, 6.45) is -4.21. The Hall–Kier alpha value is -3.05. The SMILES string of the molecule is CCOC(=O)c1oc2ccc(S(=O)(=O)NCCc3cccc(OCC(F)(F)F)c3)cc2c1C. The predicted molar refractivity (Wildman–Crippen MR) is 114 cm³/mol. The number of fused-ring (bicyclic) bond motifs is 1. The van der Waals surface area contributed by atoms with Gasteiger partial charge in [0.15, 0.2) is 6.61 Å². The summed E-state index contributed by atoms with van der Waals surface area (Å²) in [5.74, 6) is -0.567. The maximum Gasteiger partial charge on any atom is 0.422 e. The number of carbonyl (C=O) groups is 1. The largest absolute Gasteiger partial charge is 0.484 e. The molecular formula is C22H22F3NO6S. The Bertz CT molecular complexity index is 1250. The van der Waals surface area contributed by atoms with Gasteiger partial charge in [-0.2, -0.15) is 13.2 Å². The van der Waals surface area contributed by atoms with Crippen LogP contribution in [0.15, 0.2) is 51.8 Å². The molecule has 0 saturated heterocycles. The third kappa shape index (κ3) is 6.26. The topological polar surface area (TPSA) is 94.8 Å². The number of alkyl halides is 3. The number of nitrogens with one attached hydrogen (secondary N) is 1. The van der Waals surface area contributed by atoms with Crippen molar-refractivity contribution < 1.29 is 40.3 Å². The van der Waals surface area contributed by atoms with E-state index in [9.17, 15) is 26.4 Å². The summed E-state index contributed by atoms with van der Waals surface area (Å²) in [5.41, 5.74) is 1.43. The highest BCUT2D eigenvalue weighted by molar-refractivity contribution is 7.89. The molecule has 0 radical (unpaired) electrons. The van der Waals surface area contributed by atoms with Crippen LogP contribution in [0.1, 0.15) is 28.6 Å². The fourth-order valence-corrected chi connectivity index (χ4v) is 4.19. The van der Waals surface area contributed by atoms with Gasteiger partial charge in [-0.1, -0.05) is 12.1 Å². The van der Waals surface area contributed by atoms with Gasteiger partial charge < -0.3 is 13.9 Å². The van der Waals surface area contributed by atoms with Crippen molar-refractivity contribution in [1.82, 2.24) is 4.72 Å². The maximum absolute atomic E-state index is 12.7. The Balaban J connectivity index is 1.68. The van der Waals surface area contributed by atoms with Gasteiger partial charge >= 0.3 is 12.1 Å². The van der Waals surface area contributed by atoms with Crippen molar-refractivity contribution in [2.24, 2.45) is 0 Å². The first-order valence-corrected chi connectivity index (χ1v) is 11.5. The van der Waals surface area contributed by atoms with Crippen molar-refractivity contribution in [2.45, 2.75) is 31.3 Å². The van der Waals surface area contributed by atoms with Gasteiger partial charge in [-0.15, -0.1) is 0 Å². The highest BCUT2D eigenvalue weighted by Gasteiger charge is 2.28. The van der Waals surface area contributed by atoms with Gasteiger partial charge in [0, 0.05) is 17.5 Å². The van der Waals surface area contributed by atoms with Gasteiger partial charge in [-0.3, -0.25) is 0 Å². The molecule has 0 atom stereocenters. The van der Waals surface area contributed by atoms with Crippen molar-refractivity contribution in [3.63, 3.8) is 0 Å². The molecule has 33 heavy (non-hydrogen) atoms. The molecule has 0 aliphatic rings. The molecule has 0 unspecified atom stereocenters. The summed E-state index contributed by atoms with van der Waals surface area (Å²) < 4.78 is 80.0. The second kappa shape index (κ2) is 9.84.